The van der Waals surface area contributed by atoms with E-state index >= 15 is 0 Å². The number of nitrogens with zero attached hydrogens (tertiary/aromatic N) is 1. The zero-order valence-electron chi connectivity index (χ0n) is 10.2. The van der Waals surface area contributed by atoms with Crippen LogP contribution < -0.4 is 5.32 Å². The number of hydrogen-bond acceptors (Lipinski definition) is 2. The molecule has 3 heteroatoms. The van der Waals surface area contributed by atoms with Crippen LogP contribution in [0, 0.1) is 17.8 Å². The van der Waals surface area contributed by atoms with Crippen molar-refractivity contribution in [1.82, 2.24) is 10.2 Å². The third-order valence-corrected chi connectivity index (χ3v) is 3.51. The summed E-state index contributed by atoms with van der Waals surface area (Å²) in [5, 5.41) is 3.11. The SMILES string of the molecule is CN1CC2CC(C1)C2C(=O)NC(C)(C)C. The summed E-state index contributed by atoms with van der Waals surface area (Å²) < 4.78 is 0. The molecule has 0 spiro atoms. The Bertz CT molecular complexity index is 257. The largest absolute Gasteiger partial charge is 0.351 e. The fourth-order valence-corrected chi connectivity index (χ4v) is 3.00. The summed E-state index contributed by atoms with van der Waals surface area (Å²) in [6.45, 7) is 8.33. The van der Waals surface area contributed by atoms with E-state index in [1.165, 1.54) is 6.42 Å². The van der Waals surface area contributed by atoms with Gasteiger partial charge in [0.25, 0.3) is 0 Å². The van der Waals surface area contributed by atoms with Gasteiger partial charge in [-0.1, -0.05) is 0 Å². The monoisotopic (exact) mass is 210 g/mol. The first-order valence-electron chi connectivity index (χ1n) is 5.87. The second-order valence-corrected chi connectivity index (χ2v) is 6.24. The van der Waals surface area contributed by atoms with Crippen LogP contribution >= 0.6 is 0 Å². The molecule has 0 aromatic carbocycles. The van der Waals surface area contributed by atoms with Crippen molar-refractivity contribution in [3.05, 3.63) is 0 Å². The number of amides is 1. The molecule has 2 aliphatic heterocycles. The molecule has 3 nitrogen and oxygen atoms in total. The van der Waals surface area contributed by atoms with Crippen molar-refractivity contribution in [2.24, 2.45) is 17.8 Å². The average molecular weight is 210 g/mol. The molecule has 0 aromatic heterocycles. The number of carbonyl (C=O) groups excluding carboxylic acids is 1. The molecule has 3 aliphatic rings. The van der Waals surface area contributed by atoms with Crippen molar-refractivity contribution in [3.8, 4) is 0 Å². The van der Waals surface area contributed by atoms with E-state index in [1.807, 2.05) is 20.8 Å². The Balaban J connectivity index is 1.94. The van der Waals surface area contributed by atoms with E-state index in [0.29, 0.717) is 17.8 Å². The minimum absolute atomic E-state index is 0.0904. The lowest BCUT2D eigenvalue weighted by Gasteiger charge is -2.52. The van der Waals surface area contributed by atoms with Crippen LogP contribution in [0.1, 0.15) is 27.2 Å². The summed E-state index contributed by atoms with van der Waals surface area (Å²) in [5.41, 5.74) is -0.0904. The van der Waals surface area contributed by atoms with E-state index in [2.05, 4.69) is 17.3 Å². The number of fused-ring (bicyclic) bond motifs is 2. The number of piperidine rings is 2. The van der Waals surface area contributed by atoms with Crippen molar-refractivity contribution in [2.75, 3.05) is 20.1 Å². The predicted molar refractivity (Wildman–Crippen MR) is 60.5 cm³/mol. The normalized spacial score (nSPS) is 35.9. The molecular formula is C12H22N2O. The average Bonchev–Trinajstić information content (AvgIpc) is 1.98. The molecule has 1 N–H and O–H groups in total. The van der Waals surface area contributed by atoms with Gasteiger partial charge in [-0.3, -0.25) is 4.79 Å². The van der Waals surface area contributed by atoms with Crippen LogP contribution in [0.15, 0.2) is 0 Å². The van der Waals surface area contributed by atoms with E-state index < -0.39 is 0 Å². The molecule has 2 atom stereocenters. The van der Waals surface area contributed by atoms with Crippen molar-refractivity contribution in [3.63, 3.8) is 0 Å². The molecule has 2 unspecified atom stereocenters. The summed E-state index contributed by atoms with van der Waals surface area (Å²) in [4.78, 5) is 14.4. The minimum atomic E-state index is -0.0904. The molecule has 15 heavy (non-hydrogen) atoms. The van der Waals surface area contributed by atoms with E-state index in [-0.39, 0.29) is 11.4 Å². The van der Waals surface area contributed by atoms with Gasteiger partial charge in [-0.15, -0.1) is 0 Å². The molecule has 3 rings (SSSR count). The van der Waals surface area contributed by atoms with Crippen molar-refractivity contribution in [1.29, 1.82) is 0 Å². The maximum Gasteiger partial charge on any atom is 0.224 e. The number of nitrogens with one attached hydrogen (secondary N) is 1. The van der Waals surface area contributed by atoms with Crippen molar-refractivity contribution in [2.45, 2.75) is 32.7 Å². The topological polar surface area (TPSA) is 32.3 Å². The zero-order valence-corrected chi connectivity index (χ0v) is 10.2. The lowest BCUT2D eigenvalue weighted by Crippen LogP contribution is -2.60. The van der Waals surface area contributed by atoms with Gasteiger partial charge in [0, 0.05) is 24.5 Å². The van der Waals surface area contributed by atoms with E-state index in [1.54, 1.807) is 0 Å². The molecule has 0 radical (unpaired) electrons. The van der Waals surface area contributed by atoms with Gasteiger partial charge in [-0.05, 0) is 46.1 Å². The molecule has 2 bridgehead atoms. The highest BCUT2D eigenvalue weighted by atomic mass is 16.2. The lowest BCUT2D eigenvalue weighted by molar-refractivity contribution is -0.142. The Kier molecular flexibility index (Phi) is 2.53. The van der Waals surface area contributed by atoms with Crippen molar-refractivity contribution < 1.29 is 4.79 Å². The van der Waals surface area contributed by atoms with Crippen LogP contribution in [-0.2, 0) is 4.79 Å². The standard InChI is InChI=1S/C12H22N2O/c1-12(2,3)13-11(15)10-8-5-9(10)7-14(4)6-8/h8-10H,5-7H2,1-4H3,(H,13,15). The van der Waals surface area contributed by atoms with Gasteiger partial charge in [0.2, 0.25) is 5.91 Å². The van der Waals surface area contributed by atoms with Crippen LogP contribution in [0.3, 0.4) is 0 Å². The van der Waals surface area contributed by atoms with Crippen molar-refractivity contribution >= 4 is 5.91 Å². The number of carbonyl (C=O) groups is 1. The van der Waals surface area contributed by atoms with E-state index in [9.17, 15) is 4.79 Å². The Labute approximate surface area is 92.2 Å². The summed E-state index contributed by atoms with van der Waals surface area (Å²) in [7, 11) is 2.15. The summed E-state index contributed by atoms with van der Waals surface area (Å²) >= 11 is 0. The van der Waals surface area contributed by atoms with Gasteiger partial charge in [-0.25, -0.2) is 0 Å². The van der Waals surface area contributed by atoms with Gasteiger partial charge in [0.15, 0.2) is 0 Å². The molecule has 2 saturated heterocycles. The summed E-state index contributed by atoms with van der Waals surface area (Å²) in [6, 6.07) is 0. The molecule has 1 amide bonds. The maximum absolute atomic E-state index is 12.0. The first-order valence-corrected chi connectivity index (χ1v) is 5.87. The fraction of sp³-hybridized carbons (Fsp3) is 0.917. The first-order chi connectivity index (χ1) is 6.87. The van der Waals surface area contributed by atoms with Gasteiger partial charge < -0.3 is 10.2 Å². The summed E-state index contributed by atoms with van der Waals surface area (Å²) in [5.74, 6) is 1.78. The Morgan fingerprint density at radius 2 is 1.80 bits per heavy atom. The maximum atomic E-state index is 12.0. The molecule has 1 saturated carbocycles. The highest BCUT2D eigenvalue weighted by Gasteiger charge is 2.49. The second kappa shape index (κ2) is 3.48. The van der Waals surface area contributed by atoms with Crippen LogP contribution in [0.5, 0.6) is 0 Å². The summed E-state index contributed by atoms with van der Waals surface area (Å²) in [6.07, 6.45) is 1.26. The van der Waals surface area contributed by atoms with E-state index in [0.717, 1.165) is 13.1 Å². The third-order valence-electron chi connectivity index (χ3n) is 3.51. The Hall–Kier alpha value is -0.570. The smallest absolute Gasteiger partial charge is 0.224 e. The lowest BCUT2D eigenvalue weighted by atomic mass is 9.61. The van der Waals surface area contributed by atoms with Gasteiger partial charge in [0.1, 0.15) is 0 Å². The van der Waals surface area contributed by atoms with Crippen LogP contribution in [0.4, 0.5) is 0 Å². The fourth-order valence-electron chi connectivity index (χ4n) is 3.00. The van der Waals surface area contributed by atoms with Gasteiger partial charge in [0.05, 0.1) is 0 Å². The molecule has 2 heterocycles. The molecule has 86 valence electrons. The molecular weight excluding hydrogens is 188 g/mol. The van der Waals surface area contributed by atoms with E-state index in [4.69, 9.17) is 0 Å². The second-order valence-electron chi connectivity index (χ2n) is 6.24. The third kappa shape index (κ3) is 2.17. The Morgan fingerprint density at radius 1 is 1.27 bits per heavy atom. The quantitative estimate of drug-likeness (QED) is 0.703. The Morgan fingerprint density at radius 3 is 2.27 bits per heavy atom. The highest BCUT2D eigenvalue weighted by molar-refractivity contribution is 5.81. The van der Waals surface area contributed by atoms with Gasteiger partial charge in [-0.2, -0.15) is 0 Å². The predicted octanol–water partition coefficient (Wildman–Crippen LogP) is 1.10. The van der Waals surface area contributed by atoms with Crippen LogP contribution in [0.2, 0.25) is 0 Å². The molecule has 0 aromatic rings. The molecule has 3 fully saturated rings. The number of hydrogen-bond donors (Lipinski definition) is 1. The number of rotatable bonds is 1. The van der Waals surface area contributed by atoms with Crippen LogP contribution in [0.25, 0.3) is 0 Å². The van der Waals surface area contributed by atoms with Gasteiger partial charge >= 0.3 is 0 Å². The zero-order chi connectivity index (χ0) is 11.2. The highest BCUT2D eigenvalue weighted by Crippen LogP contribution is 2.45. The first kappa shape index (κ1) is 10.9. The molecule has 1 aliphatic carbocycles. The van der Waals surface area contributed by atoms with Crippen LogP contribution in [-0.4, -0.2) is 36.5 Å². The minimum Gasteiger partial charge on any atom is -0.351 e.